The number of esters is 1. The first kappa shape index (κ1) is 21.3. The Labute approximate surface area is 187 Å². The summed E-state index contributed by atoms with van der Waals surface area (Å²) in [6, 6.07) is 22.1. The Morgan fingerprint density at radius 1 is 1.00 bits per heavy atom. The maximum absolute atomic E-state index is 13.0. The Bertz CT molecular complexity index is 1100. The van der Waals surface area contributed by atoms with Crippen LogP contribution in [0.15, 0.2) is 85.1 Å². The summed E-state index contributed by atoms with van der Waals surface area (Å²) < 4.78 is 10.4. The fourth-order valence-electron chi connectivity index (χ4n) is 3.73. The normalized spacial score (nSPS) is 15.6. The molecule has 0 bridgehead atoms. The third-order valence-electron chi connectivity index (χ3n) is 5.42. The minimum Gasteiger partial charge on any atom is -0.465 e. The van der Waals surface area contributed by atoms with Crippen LogP contribution in [-0.4, -0.2) is 35.6 Å². The van der Waals surface area contributed by atoms with Crippen molar-refractivity contribution in [3.8, 4) is 0 Å². The molecule has 1 amide bonds. The number of methoxy groups -OCH3 is 1. The van der Waals surface area contributed by atoms with Crippen LogP contribution in [0.3, 0.4) is 0 Å². The molecule has 0 saturated heterocycles. The van der Waals surface area contributed by atoms with Crippen LogP contribution >= 0.6 is 0 Å². The highest BCUT2D eigenvalue weighted by molar-refractivity contribution is 5.89. The molecule has 0 saturated carbocycles. The molecule has 0 aliphatic carbocycles. The predicted octanol–water partition coefficient (Wildman–Crippen LogP) is 5.04. The molecule has 0 radical (unpaired) electrons. The lowest BCUT2D eigenvalue weighted by atomic mass is 9.94. The molecule has 0 unspecified atom stereocenters. The second kappa shape index (κ2) is 9.92. The number of nitrogens with zero attached hydrogens (tertiary/aromatic N) is 2. The van der Waals surface area contributed by atoms with E-state index in [9.17, 15) is 9.59 Å². The van der Waals surface area contributed by atoms with Gasteiger partial charge in [-0.2, -0.15) is 0 Å². The van der Waals surface area contributed by atoms with Crippen molar-refractivity contribution >= 4 is 17.6 Å². The molecular weight excluding hydrogens is 404 g/mol. The lowest BCUT2D eigenvalue weighted by Gasteiger charge is -2.34. The third kappa shape index (κ3) is 4.86. The van der Waals surface area contributed by atoms with Crippen LogP contribution < -0.4 is 0 Å². The molecule has 2 aromatic carbocycles. The van der Waals surface area contributed by atoms with Gasteiger partial charge in [0.1, 0.15) is 6.61 Å². The van der Waals surface area contributed by atoms with Crippen molar-refractivity contribution in [2.24, 2.45) is 0 Å². The van der Waals surface area contributed by atoms with E-state index in [4.69, 9.17) is 9.47 Å². The number of amides is 1. The van der Waals surface area contributed by atoms with E-state index in [1.807, 2.05) is 66.7 Å². The second-order valence-electron chi connectivity index (χ2n) is 7.45. The minimum atomic E-state index is -0.399. The number of ether oxygens (including phenoxy) is 2. The van der Waals surface area contributed by atoms with Crippen LogP contribution in [0.25, 0.3) is 5.57 Å². The number of carbonyl (C=O) groups is 2. The molecule has 2 heterocycles. The maximum atomic E-state index is 13.0. The molecule has 162 valence electrons. The van der Waals surface area contributed by atoms with Gasteiger partial charge in [0.2, 0.25) is 0 Å². The summed E-state index contributed by atoms with van der Waals surface area (Å²) in [7, 11) is 1.35. The van der Waals surface area contributed by atoms with E-state index in [2.05, 4.69) is 4.98 Å². The van der Waals surface area contributed by atoms with E-state index in [0.717, 1.165) is 22.4 Å². The number of hydrogen-bond acceptors (Lipinski definition) is 5. The summed E-state index contributed by atoms with van der Waals surface area (Å²) in [4.78, 5) is 31.0. The summed E-state index contributed by atoms with van der Waals surface area (Å²) >= 11 is 0. The first-order valence-corrected chi connectivity index (χ1v) is 10.4. The molecular formula is C26H24N2O4. The average Bonchev–Trinajstić information content (AvgIpc) is 2.87. The molecule has 6 nitrogen and oxygen atoms in total. The van der Waals surface area contributed by atoms with E-state index in [1.165, 1.54) is 7.11 Å². The highest BCUT2D eigenvalue weighted by Gasteiger charge is 2.29. The quantitative estimate of drug-likeness (QED) is 0.533. The van der Waals surface area contributed by atoms with Crippen LogP contribution in [0.5, 0.6) is 0 Å². The number of pyridine rings is 1. The van der Waals surface area contributed by atoms with Crippen molar-refractivity contribution < 1.29 is 19.1 Å². The van der Waals surface area contributed by atoms with Gasteiger partial charge in [-0.05, 0) is 47.4 Å². The van der Waals surface area contributed by atoms with Gasteiger partial charge in [0.25, 0.3) is 0 Å². The van der Waals surface area contributed by atoms with Crippen molar-refractivity contribution in [1.82, 2.24) is 9.88 Å². The molecule has 3 aromatic rings. The summed E-state index contributed by atoms with van der Waals surface area (Å²) in [5, 5.41) is 0. The average molecular weight is 428 g/mol. The van der Waals surface area contributed by atoms with Crippen LogP contribution in [0.1, 0.15) is 39.6 Å². The molecule has 0 spiro atoms. The fourth-order valence-corrected chi connectivity index (χ4v) is 3.73. The molecule has 32 heavy (non-hydrogen) atoms. The molecule has 6 heteroatoms. The van der Waals surface area contributed by atoms with Gasteiger partial charge < -0.3 is 9.47 Å². The second-order valence-corrected chi connectivity index (χ2v) is 7.45. The van der Waals surface area contributed by atoms with E-state index >= 15 is 0 Å². The highest BCUT2D eigenvalue weighted by Crippen LogP contribution is 2.33. The van der Waals surface area contributed by atoms with Gasteiger partial charge in [-0.1, -0.05) is 54.6 Å². The summed E-state index contributed by atoms with van der Waals surface area (Å²) in [6.45, 7) is 0.709. The Morgan fingerprint density at radius 3 is 2.44 bits per heavy atom. The number of aromatic nitrogens is 1. The smallest absolute Gasteiger partial charge is 0.410 e. The maximum Gasteiger partial charge on any atom is 0.410 e. The Hall–Kier alpha value is -3.93. The molecule has 1 aliphatic heterocycles. The van der Waals surface area contributed by atoms with Gasteiger partial charge in [0.15, 0.2) is 0 Å². The summed E-state index contributed by atoms with van der Waals surface area (Å²) in [5.74, 6) is -0.399. The largest absolute Gasteiger partial charge is 0.465 e. The lowest BCUT2D eigenvalue weighted by molar-refractivity contribution is 0.0600. The molecule has 0 N–H and O–H groups in total. The topological polar surface area (TPSA) is 68.7 Å². The van der Waals surface area contributed by atoms with E-state index < -0.39 is 5.97 Å². The zero-order chi connectivity index (χ0) is 22.3. The van der Waals surface area contributed by atoms with Crippen molar-refractivity contribution in [3.05, 3.63) is 107 Å². The zero-order valence-corrected chi connectivity index (χ0v) is 17.8. The van der Waals surface area contributed by atoms with Crippen molar-refractivity contribution in [2.45, 2.75) is 19.1 Å². The number of hydrogen-bond donors (Lipinski definition) is 0. The van der Waals surface area contributed by atoms with Crippen molar-refractivity contribution in [1.29, 1.82) is 0 Å². The molecule has 1 aromatic heterocycles. The first-order chi connectivity index (χ1) is 15.7. The number of carbonyl (C=O) groups excluding carboxylic acids is 2. The van der Waals surface area contributed by atoms with Crippen LogP contribution in [-0.2, 0) is 16.1 Å². The van der Waals surface area contributed by atoms with Crippen molar-refractivity contribution in [3.63, 3.8) is 0 Å². The lowest BCUT2D eigenvalue weighted by Crippen LogP contribution is -2.37. The monoisotopic (exact) mass is 428 g/mol. The Kier molecular flexibility index (Phi) is 6.60. The van der Waals surface area contributed by atoms with Gasteiger partial charge in [-0.25, -0.2) is 9.59 Å². The highest BCUT2D eigenvalue weighted by atomic mass is 16.6. The minimum absolute atomic E-state index is 0.209. The Morgan fingerprint density at radius 2 is 1.75 bits per heavy atom. The molecule has 0 fully saturated rings. The Balaban J connectivity index is 1.60. The first-order valence-electron chi connectivity index (χ1n) is 10.4. The zero-order valence-electron chi connectivity index (χ0n) is 17.8. The number of benzene rings is 2. The third-order valence-corrected chi connectivity index (χ3v) is 5.42. The van der Waals surface area contributed by atoms with Crippen LogP contribution in [0.2, 0.25) is 0 Å². The van der Waals surface area contributed by atoms with Crippen LogP contribution in [0, 0.1) is 0 Å². The molecule has 1 atom stereocenters. The van der Waals surface area contributed by atoms with E-state index in [0.29, 0.717) is 18.5 Å². The fraction of sp³-hybridized carbons (Fsp3) is 0.192. The summed E-state index contributed by atoms with van der Waals surface area (Å²) in [5.41, 5.74) is 4.23. The van der Waals surface area contributed by atoms with E-state index in [-0.39, 0.29) is 18.7 Å². The molecule has 1 aliphatic rings. The van der Waals surface area contributed by atoms with Gasteiger partial charge in [-0.3, -0.25) is 9.88 Å². The van der Waals surface area contributed by atoms with Gasteiger partial charge in [0, 0.05) is 12.7 Å². The summed E-state index contributed by atoms with van der Waals surface area (Å²) in [6.07, 6.45) is 4.10. The van der Waals surface area contributed by atoms with E-state index in [1.54, 1.807) is 23.2 Å². The standard InChI is InChI=1S/C26H24N2O4/c1-31-25(29)21-12-10-20(11-13-21)24-17-22(23-9-5-6-15-27-23)14-16-28(24)26(30)32-18-19-7-3-2-4-8-19/h2-13,15,17,24H,14,16,18H2,1H3/t24-/m0/s1. The molecule has 4 rings (SSSR count). The number of rotatable bonds is 5. The van der Waals surface area contributed by atoms with Gasteiger partial charge in [-0.15, -0.1) is 0 Å². The van der Waals surface area contributed by atoms with Gasteiger partial charge in [0.05, 0.1) is 24.4 Å². The van der Waals surface area contributed by atoms with Crippen LogP contribution in [0.4, 0.5) is 4.79 Å². The SMILES string of the molecule is COC(=O)c1ccc([C@@H]2C=C(c3ccccn3)CCN2C(=O)OCc2ccccc2)cc1. The van der Waals surface area contributed by atoms with Crippen molar-refractivity contribution in [2.75, 3.05) is 13.7 Å². The predicted molar refractivity (Wildman–Crippen MR) is 121 cm³/mol. The van der Waals surface area contributed by atoms with Gasteiger partial charge >= 0.3 is 12.1 Å².